The fourth-order valence-corrected chi connectivity index (χ4v) is 3.65. The van der Waals surface area contributed by atoms with Crippen molar-refractivity contribution in [3.05, 3.63) is 42.5 Å². The molecular formula is C17H25N3O3S. The number of carbonyl (C=O) groups excluding carboxylic acids is 1. The Morgan fingerprint density at radius 1 is 1.21 bits per heavy atom. The Bertz CT molecular complexity index is 678. The molecule has 0 radical (unpaired) electrons. The molecule has 1 heterocycles. The van der Waals surface area contributed by atoms with E-state index in [2.05, 4.69) is 18.4 Å². The van der Waals surface area contributed by atoms with Gasteiger partial charge in [0.2, 0.25) is 10.0 Å². The SMILES string of the molecule is C=CCN(c1ccc(C(=O)N2CCN(CC)CC2)cc1)S(C)(=O)=O. The first-order chi connectivity index (χ1) is 11.4. The van der Waals surface area contributed by atoms with Crippen molar-refractivity contribution in [2.45, 2.75) is 6.92 Å². The summed E-state index contributed by atoms with van der Waals surface area (Å²) in [6.07, 6.45) is 2.69. The van der Waals surface area contributed by atoms with Crippen molar-refractivity contribution in [1.29, 1.82) is 0 Å². The lowest BCUT2D eigenvalue weighted by molar-refractivity contribution is 0.0643. The van der Waals surface area contributed by atoms with Gasteiger partial charge in [0.15, 0.2) is 0 Å². The fraction of sp³-hybridized carbons (Fsp3) is 0.471. The Morgan fingerprint density at radius 3 is 2.25 bits per heavy atom. The first-order valence-electron chi connectivity index (χ1n) is 8.07. The van der Waals surface area contributed by atoms with Crippen LogP contribution in [0.3, 0.4) is 0 Å². The smallest absolute Gasteiger partial charge is 0.253 e. The number of carbonyl (C=O) groups is 1. The number of benzene rings is 1. The van der Waals surface area contributed by atoms with Gasteiger partial charge in [-0.05, 0) is 30.8 Å². The standard InChI is InChI=1S/C17H25N3O3S/c1-4-10-20(24(3,22)23)16-8-6-15(7-9-16)17(21)19-13-11-18(5-2)12-14-19/h4,6-9H,1,5,10-14H2,2-3H3. The minimum atomic E-state index is -3.38. The van der Waals surface area contributed by atoms with Gasteiger partial charge in [0, 0.05) is 31.7 Å². The summed E-state index contributed by atoms with van der Waals surface area (Å²) in [6.45, 7) is 10.1. The lowest BCUT2D eigenvalue weighted by atomic mass is 10.1. The van der Waals surface area contributed by atoms with Crippen molar-refractivity contribution in [3.63, 3.8) is 0 Å². The number of hydrogen-bond acceptors (Lipinski definition) is 4. The first kappa shape index (κ1) is 18.5. The summed E-state index contributed by atoms with van der Waals surface area (Å²) in [7, 11) is -3.38. The molecule has 0 spiro atoms. The average Bonchev–Trinajstić information content (AvgIpc) is 2.58. The van der Waals surface area contributed by atoms with Gasteiger partial charge in [-0.3, -0.25) is 9.10 Å². The normalized spacial score (nSPS) is 16.0. The molecule has 1 aromatic carbocycles. The Kier molecular flexibility index (Phi) is 6.01. The number of rotatable bonds is 6. The van der Waals surface area contributed by atoms with E-state index in [1.165, 1.54) is 10.4 Å². The molecule has 2 rings (SSSR count). The number of hydrogen-bond donors (Lipinski definition) is 0. The van der Waals surface area contributed by atoms with E-state index in [1.54, 1.807) is 24.3 Å². The number of amides is 1. The van der Waals surface area contributed by atoms with Crippen LogP contribution in [0, 0.1) is 0 Å². The maximum Gasteiger partial charge on any atom is 0.253 e. The van der Waals surface area contributed by atoms with Crippen molar-refractivity contribution in [3.8, 4) is 0 Å². The van der Waals surface area contributed by atoms with Crippen molar-refractivity contribution in [1.82, 2.24) is 9.80 Å². The van der Waals surface area contributed by atoms with Gasteiger partial charge in [-0.2, -0.15) is 0 Å². The Balaban J connectivity index is 2.11. The highest BCUT2D eigenvalue weighted by molar-refractivity contribution is 7.92. The number of likely N-dealkylation sites (N-methyl/N-ethyl adjacent to an activating group) is 1. The molecule has 24 heavy (non-hydrogen) atoms. The maximum atomic E-state index is 12.6. The molecule has 1 fully saturated rings. The summed E-state index contributed by atoms with van der Waals surface area (Å²) in [6, 6.07) is 6.70. The zero-order chi connectivity index (χ0) is 17.7. The van der Waals surface area contributed by atoms with Crippen molar-refractivity contribution < 1.29 is 13.2 Å². The van der Waals surface area contributed by atoms with E-state index in [1.807, 2.05) is 4.90 Å². The topological polar surface area (TPSA) is 60.9 Å². The predicted molar refractivity (Wildman–Crippen MR) is 96.8 cm³/mol. The Morgan fingerprint density at radius 2 is 1.79 bits per heavy atom. The molecule has 0 unspecified atom stereocenters. The van der Waals surface area contributed by atoms with Gasteiger partial charge in [0.25, 0.3) is 5.91 Å². The molecule has 7 heteroatoms. The molecule has 132 valence electrons. The number of nitrogens with zero attached hydrogens (tertiary/aromatic N) is 3. The van der Waals surface area contributed by atoms with Crippen LogP contribution >= 0.6 is 0 Å². The summed E-state index contributed by atoms with van der Waals surface area (Å²) in [4.78, 5) is 16.7. The zero-order valence-electron chi connectivity index (χ0n) is 14.3. The highest BCUT2D eigenvalue weighted by atomic mass is 32.2. The summed E-state index contributed by atoms with van der Waals surface area (Å²) in [5, 5.41) is 0. The molecule has 1 aromatic rings. The summed E-state index contributed by atoms with van der Waals surface area (Å²) in [5.41, 5.74) is 1.11. The van der Waals surface area contributed by atoms with E-state index >= 15 is 0 Å². The van der Waals surface area contributed by atoms with Crippen LogP contribution in [0.15, 0.2) is 36.9 Å². The number of piperazine rings is 1. The van der Waals surface area contributed by atoms with Gasteiger partial charge in [0.05, 0.1) is 18.5 Å². The van der Waals surface area contributed by atoms with Crippen LogP contribution in [0.25, 0.3) is 0 Å². The van der Waals surface area contributed by atoms with Gasteiger partial charge in [-0.15, -0.1) is 6.58 Å². The van der Waals surface area contributed by atoms with Crippen LogP contribution in [0.1, 0.15) is 17.3 Å². The van der Waals surface area contributed by atoms with E-state index in [0.717, 1.165) is 39.0 Å². The largest absolute Gasteiger partial charge is 0.336 e. The Hall–Kier alpha value is -1.86. The average molecular weight is 351 g/mol. The third kappa shape index (κ3) is 4.36. The maximum absolute atomic E-state index is 12.6. The molecule has 6 nitrogen and oxygen atoms in total. The Labute approximate surface area is 144 Å². The van der Waals surface area contributed by atoms with Gasteiger partial charge >= 0.3 is 0 Å². The molecule has 1 aliphatic rings. The molecule has 1 amide bonds. The van der Waals surface area contributed by atoms with Gasteiger partial charge < -0.3 is 9.80 Å². The van der Waals surface area contributed by atoms with Crippen molar-refractivity contribution in [2.24, 2.45) is 0 Å². The fourth-order valence-electron chi connectivity index (χ4n) is 2.77. The lowest BCUT2D eigenvalue weighted by Crippen LogP contribution is -2.48. The van der Waals surface area contributed by atoms with Crippen LogP contribution in [0.5, 0.6) is 0 Å². The highest BCUT2D eigenvalue weighted by Gasteiger charge is 2.22. The van der Waals surface area contributed by atoms with E-state index in [0.29, 0.717) is 11.3 Å². The molecule has 0 aromatic heterocycles. The predicted octanol–water partition coefficient (Wildman–Crippen LogP) is 1.42. The second kappa shape index (κ2) is 7.81. The first-order valence-corrected chi connectivity index (χ1v) is 9.92. The third-order valence-corrected chi connectivity index (χ3v) is 5.36. The van der Waals surface area contributed by atoms with Crippen LogP contribution in [-0.2, 0) is 10.0 Å². The zero-order valence-corrected chi connectivity index (χ0v) is 15.1. The van der Waals surface area contributed by atoms with E-state index in [4.69, 9.17) is 0 Å². The minimum absolute atomic E-state index is 0.00747. The van der Waals surface area contributed by atoms with E-state index in [-0.39, 0.29) is 12.5 Å². The molecule has 0 aliphatic carbocycles. The molecule has 0 bridgehead atoms. The number of anilines is 1. The van der Waals surface area contributed by atoms with Crippen LogP contribution in [0.4, 0.5) is 5.69 Å². The summed E-state index contributed by atoms with van der Waals surface area (Å²) >= 11 is 0. The molecule has 1 aliphatic heterocycles. The summed E-state index contributed by atoms with van der Waals surface area (Å²) in [5.74, 6) is -0.00747. The van der Waals surface area contributed by atoms with Gasteiger partial charge in [-0.25, -0.2) is 8.42 Å². The quantitative estimate of drug-likeness (QED) is 0.727. The van der Waals surface area contributed by atoms with E-state index in [9.17, 15) is 13.2 Å². The lowest BCUT2D eigenvalue weighted by Gasteiger charge is -2.34. The second-order valence-electron chi connectivity index (χ2n) is 5.86. The second-order valence-corrected chi connectivity index (χ2v) is 7.76. The van der Waals surface area contributed by atoms with Crippen LogP contribution < -0.4 is 4.31 Å². The van der Waals surface area contributed by atoms with Crippen LogP contribution in [-0.4, -0.2) is 69.6 Å². The molecule has 0 N–H and O–H groups in total. The number of sulfonamides is 1. The highest BCUT2D eigenvalue weighted by Crippen LogP contribution is 2.19. The summed E-state index contributed by atoms with van der Waals surface area (Å²) < 4.78 is 24.9. The van der Waals surface area contributed by atoms with E-state index < -0.39 is 10.0 Å². The third-order valence-electron chi connectivity index (χ3n) is 4.20. The van der Waals surface area contributed by atoms with Gasteiger partial charge in [-0.1, -0.05) is 13.0 Å². The van der Waals surface area contributed by atoms with Crippen molar-refractivity contribution in [2.75, 3.05) is 49.8 Å². The molecule has 1 saturated heterocycles. The molecule has 0 saturated carbocycles. The molecule has 0 atom stereocenters. The van der Waals surface area contributed by atoms with Crippen LogP contribution in [0.2, 0.25) is 0 Å². The molecular weight excluding hydrogens is 326 g/mol. The van der Waals surface area contributed by atoms with Gasteiger partial charge in [0.1, 0.15) is 0 Å². The van der Waals surface area contributed by atoms with Crippen molar-refractivity contribution >= 4 is 21.6 Å². The monoisotopic (exact) mass is 351 g/mol. The minimum Gasteiger partial charge on any atom is -0.336 e.